The van der Waals surface area contributed by atoms with Crippen molar-refractivity contribution in [1.82, 2.24) is 4.90 Å². The Balaban J connectivity index is 1.71. The molecule has 1 heterocycles. The van der Waals surface area contributed by atoms with E-state index < -0.39 is 10.0 Å². The Morgan fingerprint density at radius 3 is 2.26 bits per heavy atom. The fourth-order valence-corrected chi connectivity index (χ4v) is 4.38. The highest BCUT2D eigenvalue weighted by Crippen LogP contribution is 2.26. The number of carbonyl (C=O) groups is 1. The van der Waals surface area contributed by atoms with E-state index in [-0.39, 0.29) is 20.8 Å². The molecule has 2 aromatic rings. The van der Waals surface area contributed by atoms with Gasteiger partial charge in [-0.1, -0.05) is 30.1 Å². The lowest BCUT2D eigenvalue weighted by molar-refractivity contribution is 0.0697. The van der Waals surface area contributed by atoms with Gasteiger partial charge in [-0.25, -0.2) is 8.42 Å². The molecule has 0 bridgehead atoms. The molecule has 0 radical (unpaired) electrons. The first kappa shape index (κ1) is 20.0. The van der Waals surface area contributed by atoms with Gasteiger partial charge in [-0.3, -0.25) is 9.52 Å². The molecule has 3 rings (SSSR count). The third kappa shape index (κ3) is 4.75. The second-order valence-corrected chi connectivity index (χ2v) is 9.23. The predicted octanol–water partition coefficient (Wildman–Crippen LogP) is 4.67. The van der Waals surface area contributed by atoms with Gasteiger partial charge in [0.2, 0.25) is 0 Å². The van der Waals surface area contributed by atoms with Crippen molar-refractivity contribution in [2.75, 3.05) is 17.8 Å². The monoisotopic (exact) mass is 426 g/mol. The van der Waals surface area contributed by atoms with Gasteiger partial charge < -0.3 is 4.90 Å². The number of amides is 1. The molecule has 1 amide bonds. The lowest BCUT2D eigenvalue weighted by Crippen LogP contribution is -2.37. The molecule has 0 aromatic heterocycles. The van der Waals surface area contributed by atoms with Crippen molar-refractivity contribution < 1.29 is 13.2 Å². The molecule has 5 nitrogen and oxygen atoms in total. The molecule has 1 N–H and O–H groups in total. The molecule has 1 saturated heterocycles. The van der Waals surface area contributed by atoms with Crippen LogP contribution in [0, 0.1) is 5.92 Å². The summed E-state index contributed by atoms with van der Waals surface area (Å²) in [5.41, 5.74) is 0.909. The third-order valence-corrected chi connectivity index (χ3v) is 6.77. The molecule has 1 fully saturated rings. The topological polar surface area (TPSA) is 66.5 Å². The Morgan fingerprint density at radius 1 is 1.04 bits per heavy atom. The molecule has 0 aliphatic carbocycles. The highest BCUT2D eigenvalue weighted by Gasteiger charge is 2.21. The van der Waals surface area contributed by atoms with E-state index in [1.54, 1.807) is 24.3 Å². The molecule has 2 aromatic carbocycles. The summed E-state index contributed by atoms with van der Waals surface area (Å²) in [6.45, 7) is 3.70. The number of nitrogens with zero attached hydrogens (tertiary/aromatic N) is 1. The lowest BCUT2D eigenvalue weighted by Gasteiger charge is -2.30. The zero-order chi connectivity index (χ0) is 19.6. The average Bonchev–Trinajstić information content (AvgIpc) is 2.64. The van der Waals surface area contributed by atoms with Gasteiger partial charge in [0.25, 0.3) is 15.9 Å². The second kappa shape index (κ2) is 8.09. The van der Waals surface area contributed by atoms with Crippen molar-refractivity contribution in [2.45, 2.75) is 24.7 Å². The minimum absolute atomic E-state index is 0.0134. The van der Waals surface area contributed by atoms with Crippen LogP contribution in [0.2, 0.25) is 10.0 Å². The van der Waals surface area contributed by atoms with Crippen molar-refractivity contribution in [3.63, 3.8) is 0 Å². The van der Waals surface area contributed by atoms with Crippen molar-refractivity contribution in [2.24, 2.45) is 5.92 Å². The normalized spacial score (nSPS) is 15.6. The minimum Gasteiger partial charge on any atom is -0.339 e. The summed E-state index contributed by atoms with van der Waals surface area (Å²) in [5.74, 6) is 0.619. The molecule has 0 saturated carbocycles. The molecule has 1 aliphatic rings. The van der Waals surface area contributed by atoms with Crippen LogP contribution < -0.4 is 4.72 Å². The van der Waals surface area contributed by atoms with Gasteiger partial charge in [-0.2, -0.15) is 0 Å². The zero-order valence-corrected chi connectivity index (χ0v) is 17.1. The molecule has 27 heavy (non-hydrogen) atoms. The Bertz CT molecular complexity index is 938. The standard InChI is InChI=1S/C19H20Cl2N2O3S/c1-13-8-10-23(11-9-13)19(24)14-2-4-15(5-3-14)22-27(25,26)16-6-7-17(20)18(21)12-16/h2-7,12-13,22H,8-11H2,1H3. The van der Waals surface area contributed by atoms with Crippen LogP contribution >= 0.6 is 23.2 Å². The van der Waals surface area contributed by atoms with Gasteiger partial charge in [-0.15, -0.1) is 0 Å². The van der Waals surface area contributed by atoms with E-state index in [1.807, 2.05) is 4.90 Å². The van der Waals surface area contributed by atoms with Gasteiger partial charge in [0.05, 0.1) is 14.9 Å². The van der Waals surface area contributed by atoms with Crippen LogP contribution in [0.15, 0.2) is 47.4 Å². The number of halogens is 2. The number of likely N-dealkylation sites (tertiary alicyclic amines) is 1. The Hall–Kier alpha value is -1.76. The molecule has 144 valence electrons. The number of hydrogen-bond acceptors (Lipinski definition) is 3. The largest absolute Gasteiger partial charge is 0.339 e. The molecule has 0 spiro atoms. The van der Waals surface area contributed by atoms with E-state index in [4.69, 9.17) is 23.2 Å². The zero-order valence-electron chi connectivity index (χ0n) is 14.8. The van der Waals surface area contributed by atoms with E-state index in [0.29, 0.717) is 17.2 Å². The summed E-state index contributed by atoms with van der Waals surface area (Å²) in [4.78, 5) is 14.4. The average molecular weight is 427 g/mol. The number of carbonyl (C=O) groups excluding carboxylic acids is 1. The lowest BCUT2D eigenvalue weighted by atomic mass is 9.98. The van der Waals surface area contributed by atoms with Gasteiger partial charge >= 0.3 is 0 Å². The van der Waals surface area contributed by atoms with Crippen LogP contribution in [0.3, 0.4) is 0 Å². The first-order valence-electron chi connectivity index (χ1n) is 8.63. The van der Waals surface area contributed by atoms with Crippen LogP contribution in [0.4, 0.5) is 5.69 Å². The second-order valence-electron chi connectivity index (χ2n) is 6.73. The first-order valence-corrected chi connectivity index (χ1v) is 10.9. The van der Waals surface area contributed by atoms with Crippen LogP contribution in [0.1, 0.15) is 30.1 Å². The molecule has 8 heteroatoms. The Kier molecular flexibility index (Phi) is 5.99. The van der Waals surface area contributed by atoms with Crippen LogP contribution in [0.25, 0.3) is 0 Å². The van der Waals surface area contributed by atoms with Gasteiger partial charge in [0.15, 0.2) is 0 Å². The summed E-state index contributed by atoms with van der Waals surface area (Å²) >= 11 is 11.7. The van der Waals surface area contributed by atoms with Crippen molar-refractivity contribution in [1.29, 1.82) is 0 Å². The van der Waals surface area contributed by atoms with Crippen molar-refractivity contribution >= 4 is 44.8 Å². The summed E-state index contributed by atoms with van der Waals surface area (Å²) in [7, 11) is -3.80. The Morgan fingerprint density at radius 2 is 1.67 bits per heavy atom. The Labute approximate surface area is 169 Å². The van der Waals surface area contributed by atoms with Gasteiger partial charge in [-0.05, 0) is 61.2 Å². The SMILES string of the molecule is CC1CCN(C(=O)c2ccc(NS(=O)(=O)c3ccc(Cl)c(Cl)c3)cc2)CC1. The molecule has 0 unspecified atom stereocenters. The highest BCUT2D eigenvalue weighted by molar-refractivity contribution is 7.92. The van der Waals surface area contributed by atoms with Crippen molar-refractivity contribution in [3.8, 4) is 0 Å². The van der Waals surface area contributed by atoms with Crippen molar-refractivity contribution in [3.05, 3.63) is 58.1 Å². The molecule has 0 atom stereocenters. The maximum Gasteiger partial charge on any atom is 0.261 e. The first-order chi connectivity index (χ1) is 12.8. The van der Waals surface area contributed by atoms with E-state index >= 15 is 0 Å². The summed E-state index contributed by atoms with van der Waals surface area (Å²) in [6, 6.07) is 10.5. The fourth-order valence-electron chi connectivity index (χ4n) is 2.93. The third-order valence-electron chi connectivity index (χ3n) is 4.66. The summed E-state index contributed by atoms with van der Waals surface area (Å²) in [5, 5.41) is 0.446. The number of hydrogen-bond donors (Lipinski definition) is 1. The minimum atomic E-state index is -3.80. The quantitative estimate of drug-likeness (QED) is 0.772. The van der Waals surface area contributed by atoms with E-state index in [0.717, 1.165) is 25.9 Å². The van der Waals surface area contributed by atoms with Gasteiger partial charge in [0, 0.05) is 24.3 Å². The van der Waals surface area contributed by atoms with Crippen LogP contribution in [0.5, 0.6) is 0 Å². The van der Waals surface area contributed by atoms with Crippen LogP contribution in [-0.2, 0) is 10.0 Å². The van der Waals surface area contributed by atoms with Crippen LogP contribution in [-0.4, -0.2) is 32.3 Å². The molecular weight excluding hydrogens is 407 g/mol. The maximum absolute atomic E-state index is 12.6. The van der Waals surface area contributed by atoms with E-state index in [2.05, 4.69) is 11.6 Å². The smallest absolute Gasteiger partial charge is 0.261 e. The molecule has 1 aliphatic heterocycles. The molecular formula is C19H20Cl2N2O3S. The number of sulfonamides is 1. The highest BCUT2D eigenvalue weighted by atomic mass is 35.5. The number of nitrogens with one attached hydrogen (secondary N) is 1. The maximum atomic E-state index is 12.6. The number of anilines is 1. The predicted molar refractivity (Wildman–Crippen MR) is 108 cm³/mol. The summed E-state index contributed by atoms with van der Waals surface area (Å²) in [6.07, 6.45) is 2.01. The van der Waals surface area contributed by atoms with E-state index in [9.17, 15) is 13.2 Å². The number of rotatable bonds is 4. The van der Waals surface area contributed by atoms with E-state index in [1.165, 1.54) is 18.2 Å². The fraction of sp³-hybridized carbons (Fsp3) is 0.316. The number of benzene rings is 2. The summed E-state index contributed by atoms with van der Waals surface area (Å²) < 4.78 is 27.4. The number of piperidine rings is 1. The van der Waals surface area contributed by atoms with Gasteiger partial charge in [0.1, 0.15) is 0 Å².